The van der Waals surface area contributed by atoms with Gasteiger partial charge in [-0.2, -0.15) is 0 Å². The molecule has 2 N–H and O–H groups in total. The van der Waals surface area contributed by atoms with Gasteiger partial charge in [0, 0.05) is 5.56 Å². The highest BCUT2D eigenvalue weighted by atomic mass is 16.5. The van der Waals surface area contributed by atoms with Gasteiger partial charge in [-0.1, -0.05) is 23.8 Å². The van der Waals surface area contributed by atoms with Crippen LogP contribution >= 0.6 is 0 Å². The zero-order valence-electron chi connectivity index (χ0n) is 12.4. The van der Waals surface area contributed by atoms with E-state index >= 15 is 0 Å². The van der Waals surface area contributed by atoms with Crippen LogP contribution in [0.5, 0.6) is 11.5 Å². The fourth-order valence-electron chi connectivity index (χ4n) is 2.27. The van der Waals surface area contributed by atoms with Gasteiger partial charge in [-0.25, -0.2) is 0 Å². The van der Waals surface area contributed by atoms with Crippen molar-refractivity contribution in [3.63, 3.8) is 0 Å². The van der Waals surface area contributed by atoms with Gasteiger partial charge in [0.15, 0.2) is 0 Å². The maximum absolute atomic E-state index is 9.99. The second-order valence-electron chi connectivity index (χ2n) is 5.13. The number of benzene rings is 2. The lowest BCUT2D eigenvalue weighted by atomic mass is 10.0. The highest BCUT2D eigenvalue weighted by Gasteiger charge is 2.12. The Labute approximate surface area is 120 Å². The molecule has 20 heavy (non-hydrogen) atoms. The summed E-state index contributed by atoms with van der Waals surface area (Å²) in [5.41, 5.74) is 4.10. The first-order valence-corrected chi connectivity index (χ1v) is 6.72. The number of nitrogens with one attached hydrogen (secondary N) is 1. The maximum Gasteiger partial charge on any atom is 0.141 e. The molecule has 0 bridgehead atoms. The minimum Gasteiger partial charge on any atom is -0.508 e. The number of hydrogen-bond donors (Lipinski definition) is 2. The quantitative estimate of drug-likeness (QED) is 0.876. The normalized spacial score (nSPS) is 12.0. The van der Waals surface area contributed by atoms with Gasteiger partial charge in [0.25, 0.3) is 0 Å². The predicted molar refractivity (Wildman–Crippen MR) is 82.6 cm³/mol. The fraction of sp³-hybridized carbons (Fsp3) is 0.294. The summed E-state index contributed by atoms with van der Waals surface area (Å²) in [5.74, 6) is 1.11. The van der Waals surface area contributed by atoms with Crippen LogP contribution in [0, 0.1) is 13.8 Å². The van der Waals surface area contributed by atoms with Crippen molar-refractivity contribution in [3.8, 4) is 11.5 Å². The molecule has 1 unspecified atom stereocenters. The van der Waals surface area contributed by atoms with Crippen molar-refractivity contribution >= 4 is 5.69 Å². The molecule has 1 atom stereocenters. The first kappa shape index (κ1) is 14.3. The van der Waals surface area contributed by atoms with Gasteiger partial charge in [0.2, 0.25) is 0 Å². The Morgan fingerprint density at radius 1 is 1.05 bits per heavy atom. The lowest BCUT2D eigenvalue weighted by molar-refractivity contribution is 0.416. The zero-order valence-corrected chi connectivity index (χ0v) is 12.4. The van der Waals surface area contributed by atoms with Gasteiger partial charge in [-0.15, -0.1) is 0 Å². The molecular formula is C17H21NO2. The van der Waals surface area contributed by atoms with E-state index in [0.717, 1.165) is 28.1 Å². The Hall–Kier alpha value is -2.16. The maximum atomic E-state index is 9.99. The van der Waals surface area contributed by atoms with Gasteiger partial charge in [-0.3, -0.25) is 0 Å². The third kappa shape index (κ3) is 3.05. The Morgan fingerprint density at radius 3 is 2.40 bits per heavy atom. The van der Waals surface area contributed by atoms with Crippen molar-refractivity contribution in [1.82, 2.24) is 0 Å². The second-order valence-corrected chi connectivity index (χ2v) is 5.13. The van der Waals surface area contributed by atoms with E-state index in [9.17, 15) is 5.11 Å². The summed E-state index contributed by atoms with van der Waals surface area (Å²) >= 11 is 0. The summed E-state index contributed by atoms with van der Waals surface area (Å²) in [6.07, 6.45) is 0. The third-order valence-electron chi connectivity index (χ3n) is 3.38. The van der Waals surface area contributed by atoms with Crippen LogP contribution in [0.3, 0.4) is 0 Å². The largest absolute Gasteiger partial charge is 0.508 e. The first-order chi connectivity index (χ1) is 9.51. The van der Waals surface area contributed by atoms with E-state index in [1.165, 1.54) is 0 Å². The molecule has 0 spiro atoms. The van der Waals surface area contributed by atoms with E-state index in [2.05, 4.69) is 5.32 Å². The smallest absolute Gasteiger partial charge is 0.141 e. The third-order valence-corrected chi connectivity index (χ3v) is 3.38. The molecule has 0 radical (unpaired) electrons. The molecule has 2 aromatic carbocycles. The van der Waals surface area contributed by atoms with Crippen molar-refractivity contribution in [2.24, 2.45) is 0 Å². The van der Waals surface area contributed by atoms with Crippen molar-refractivity contribution in [2.75, 3.05) is 12.4 Å². The van der Waals surface area contributed by atoms with Gasteiger partial charge in [-0.05, 0) is 44.5 Å². The van der Waals surface area contributed by atoms with Crippen LogP contribution in [0.15, 0.2) is 36.4 Å². The molecule has 3 heteroatoms. The summed E-state index contributed by atoms with van der Waals surface area (Å²) in [6.45, 7) is 6.08. The fourth-order valence-corrected chi connectivity index (χ4v) is 2.27. The van der Waals surface area contributed by atoms with E-state index in [1.54, 1.807) is 13.2 Å². The van der Waals surface area contributed by atoms with Gasteiger partial charge in [0.1, 0.15) is 11.5 Å². The molecule has 0 saturated heterocycles. The standard InChI is InChI=1S/C17H21NO2/c1-11-5-7-16(19)14(9-11)13(3)18-15-10-12(2)6-8-17(15)20-4/h5-10,13,18-19H,1-4H3. The van der Waals surface area contributed by atoms with E-state index in [-0.39, 0.29) is 6.04 Å². The summed E-state index contributed by atoms with van der Waals surface area (Å²) in [7, 11) is 1.66. The minimum atomic E-state index is -0.00870. The van der Waals surface area contributed by atoms with E-state index in [1.807, 2.05) is 51.1 Å². The van der Waals surface area contributed by atoms with Crippen molar-refractivity contribution in [1.29, 1.82) is 0 Å². The Morgan fingerprint density at radius 2 is 1.70 bits per heavy atom. The van der Waals surface area contributed by atoms with Crippen molar-refractivity contribution in [2.45, 2.75) is 26.8 Å². The van der Waals surface area contributed by atoms with Crippen LogP contribution in [0.2, 0.25) is 0 Å². The van der Waals surface area contributed by atoms with Crippen LogP contribution in [0.25, 0.3) is 0 Å². The summed E-state index contributed by atoms with van der Waals surface area (Å²) in [6, 6.07) is 11.6. The van der Waals surface area contributed by atoms with E-state index < -0.39 is 0 Å². The highest BCUT2D eigenvalue weighted by Crippen LogP contribution is 2.32. The van der Waals surface area contributed by atoms with Crippen LogP contribution in [-0.4, -0.2) is 12.2 Å². The Kier molecular flexibility index (Phi) is 4.18. The molecule has 106 valence electrons. The van der Waals surface area contributed by atoms with Crippen LogP contribution < -0.4 is 10.1 Å². The van der Waals surface area contributed by atoms with Crippen LogP contribution in [0.4, 0.5) is 5.69 Å². The molecule has 0 fully saturated rings. The van der Waals surface area contributed by atoms with Crippen LogP contribution in [-0.2, 0) is 0 Å². The summed E-state index contributed by atoms with van der Waals surface area (Å²) in [4.78, 5) is 0. The zero-order chi connectivity index (χ0) is 14.7. The lowest BCUT2D eigenvalue weighted by Crippen LogP contribution is -2.08. The molecule has 2 aromatic rings. The molecule has 0 heterocycles. The SMILES string of the molecule is COc1ccc(C)cc1NC(C)c1cc(C)ccc1O. The van der Waals surface area contributed by atoms with Crippen molar-refractivity contribution < 1.29 is 9.84 Å². The number of aryl methyl sites for hydroxylation is 2. The predicted octanol–water partition coefficient (Wildman–Crippen LogP) is 4.19. The van der Waals surface area contributed by atoms with E-state index in [0.29, 0.717) is 5.75 Å². The summed E-state index contributed by atoms with van der Waals surface area (Å²) < 4.78 is 5.37. The monoisotopic (exact) mass is 271 g/mol. The summed E-state index contributed by atoms with van der Waals surface area (Å²) in [5, 5.41) is 13.4. The topological polar surface area (TPSA) is 41.5 Å². The van der Waals surface area contributed by atoms with Crippen molar-refractivity contribution in [3.05, 3.63) is 53.1 Å². The second kappa shape index (κ2) is 5.87. The molecule has 0 saturated carbocycles. The van der Waals surface area contributed by atoms with E-state index in [4.69, 9.17) is 4.74 Å². The number of anilines is 1. The van der Waals surface area contributed by atoms with Gasteiger partial charge < -0.3 is 15.2 Å². The number of phenolic OH excluding ortho intramolecular Hbond substituents is 1. The molecule has 0 aromatic heterocycles. The molecule has 2 rings (SSSR count). The number of aromatic hydroxyl groups is 1. The molecular weight excluding hydrogens is 250 g/mol. The van der Waals surface area contributed by atoms with Gasteiger partial charge in [0.05, 0.1) is 18.8 Å². The number of rotatable bonds is 4. The molecule has 0 amide bonds. The number of hydrogen-bond acceptors (Lipinski definition) is 3. The molecule has 0 aliphatic carbocycles. The molecule has 0 aliphatic rings. The number of phenols is 1. The number of methoxy groups -OCH3 is 1. The minimum absolute atomic E-state index is 0.00870. The Bertz CT molecular complexity index is 608. The lowest BCUT2D eigenvalue weighted by Gasteiger charge is -2.19. The highest BCUT2D eigenvalue weighted by molar-refractivity contribution is 5.59. The molecule has 3 nitrogen and oxygen atoms in total. The Balaban J connectivity index is 2.29. The first-order valence-electron chi connectivity index (χ1n) is 6.72. The van der Waals surface area contributed by atoms with Crippen LogP contribution in [0.1, 0.15) is 29.7 Å². The molecule has 0 aliphatic heterocycles. The average Bonchev–Trinajstić information content (AvgIpc) is 2.41. The average molecular weight is 271 g/mol. The number of ether oxygens (including phenoxy) is 1. The van der Waals surface area contributed by atoms with Gasteiger partial charge >= 0.3 is 0 Å².